The number of carbonyl (C=O) groups excluding carboxylic acids is 2. The van der Waals surface area contributed by atoms with Gasteiger partial charge in [-0.2, -0.15) is 0 Å². The standard InChI is InChI=1S/C17H25N3O3/c1-12(2)15(21)19-13-4-6-14(7-5-13)20-16(22)17(11-23-3)8-9-18-10-17/h4-7,12,18H,8-11H2,1-3H3,(H,19,21)(H,20,22). The van der Waals surface area contributed by atoms with Gasteiger partial charge in [-0.3, -0.25) is 9.59 Å². The highest BCUT2D eigenvalue weighted by Crippen LogP contribution is 2.28. The van der Waals surface area contributed by atoms with E-state index in [1.54, 1.807) is 31.4 Å². The van der Waals surface area contributed by atoms with Crippen LogP contribution in [0.3, 0.4) is 0 Å². The third-order valence-corrected chi connectivity index (χ3v) is 4.08. The maximum Gasteiger partial charge on any atom is 0.234 e. The summed E-state index contributed by atoms with van der Waals surface area (Å²) in [6, 6.07) is 7.14. The van der Waals surface area contributed by atoms with Gasteiger partial charge in [-0.15, -0.1) is 0 Å². The average molecular weight is 319 g/mol. The molecule has 1 aromatic rings. The average Bonchev–Trinajstić information content (AvgIpc) is 2.99. The van der Waals surface area contributed by atoms with Crippen LogP contribution in [0.5, 0.6) is 0 Å². The lowest BCUT2D eigenvalue weighted by atomic mass is 9.87. The zero-order valence-corrected chi connectivity index (χ0v) is 13.9. The van der Waals surface area contributed by atoms with Crippen molar-refractivity contribution in [1.82, 2.24) is 5.32 Å². The molecule has 1 fully saturated rings. The number of amides is 2. The number of rotatable bonds is 6. The number of hydrogen-bond acceptors (Lipinski definition) is 4. The van der Waals surface area contributed by atoms with Crippen molar-refractivity contribution in [3.8, 4) is 0 Å². The summed E-state index contributed by atoms with van der Waals surface area (Å²) < 4.78 is 5.22. The van der Waals surface area contributed by atoms with Gasteiger partial charge in [-0.25, -0.2) is 0 Å². The van der Waals surface area contributed by atoms with E-state index in [0.29, 0.717) is 18.8 Å². The van der Waals surface area contributed by atoms with Crippen LogP contribution in [0.25, 0.3) is 0 Å². The van der Waals surface area contributed by atoms with Crippen LogP contribution in [0.15, 0.2) is 24.3 Å². The fourth-order valence-corrected chi connectivity index (χ4v) is 2.59. The molecular weight excluding hydrogens is 294 g/mol. The number of hydrogen-bond donors (Lipinski definition) is 3. The maximum absolute atomic E-state index is 12.6. The number of methoxy groups -OCH3 is 1. The van der Waals surface area contributed by atoms with E-state index in [2.05, 4.69) is 16.0 Å². The van der Waals surface area contributed by atoms with Gasteiger partial charge in [0.15, 0.2) is 0 Å². The molecule has 0 radical (unpaired) electrons. The summed E-state index contributed by atoms with van der Waals surface area (Å²) in [5, 5.41) is 8.98. The van der Waals surface area contributed by atoms with Gasteiger partial charge in [-0.1, -0.05) is 13.8 Å². The van der Waals surface area contributed by atoms with Gasteiger partial charge in [0.2, 0.25) is 11.8 Å². The number of carbonyl (C=O) groups is 2. The number of nitrogens with one attached hydrogen (secondary N) is 3. The van der Waals surface area contributed by atoms with Crippen molar-refractivity contribution in [1.29, 1.82) is 0 Å². The van der Waals surface area contributed by atoms with Crippen LogP contribution in [-0.4, -0.2) is 38.6 Å². The molecule has 0 saturated carbocycles. The Kier molecular flexibility index (Phi) is 5.74. The zero-order valence-electron chi connectivity index (χ0n) is 13.9. The lowest BCUT2D eigenvalue weighted by Crippen LogP contribution is -2.41. The highest BCUT2D eigenvalue weighted by Gasteiger charge is 2.41. The fraction of sp³-hybridized carbons (Fsp3) is 0.529. The van der Waals surface area contributed by atoms with Gasteiger partial charge in [-0.05, 0) is 37.2 Å². The molecule has 2 amide bonds. The molecule has 0 bridgehead atoms. The predicted octanol–water partition coefficient (Wildman–Crippen LogP) is 1.85. The summed E-state index contributed by atoms with van der Waals surface area (Å²) in [5.74, 6) is -0.140. The van der Waals surface area contributed by atoms with Crippen molar-refractivity contribution in [3.05, 3.63) is 24.3 Å². The molecule has 0 aromatic heterocycles. The van der Waals surface area contributed by atoms with Crippen LogP contribution >= 0.6 is 0 Å². The van der Waals surface area contributed by atoms with Gasteiger partial charge in [0, 0.05) is 30.9 Å². The van der Waals surface area contributed by atoms with E-state index >= 15 is 0 Å². The molecule has 3 N–H and O–H groups in total. The minimum Gasteiger partial charge on any atom is -0.384 e. The number of anilines is 2. The Morgan fingerprint density at radius 3 is 2.30 bits per heavy atom. The fourth-order valence-electron chi connectivity index (χ4n) is 2.59. The first kappa shape index (κ1) is 17.4. The Hall–Kier alpha value is -1.92. The van der Waals surface area contributed by atoms with Crippen molar-refractivity contribution in [2.45, 2.75) is 20.3 Å². The van der Waals surface area contributed by atoms with Crippen LogP contribution in [0.2, 0.25) is 0 Å². The lowest BCUT2D eigenvalue weighted by Gasteiger charge is -2.26. The second-order valence-corrected chi connectivity index (χ2v) is 6.32. The van der Waals surface area contributed by atoms with Crippen LogP contribution in [-0.2, 0) is 14.3 Å². The molecule has 0 spiro atoms. The molecule has 2 rings (SSSR count). The van der Waals surface area contributed by atoms with Gasteiger partial charge in [0.25, 0.3) is 0 Å². The smallest absolute Gasteiger partial charge is 0.234 e. The van der Waals surface area contributed by atoms with Gasteiger partial charge in [0.1, 0.15) is 0 Å². The van der Waals surface area contributed by atoms with Crippen molar-refractivity contribution in [2.75, 3.05) is 37.4 Å². The van der Waals surface area contributed by atoms with Gasteiger partial charge >= 0.3 is 0 Å². The van der Waals surface area contributed by atoms with Crippen molar-refractivity contribution < 1.29 is 14.3 Å². The molecule has 1 heterocycles. The predicted molar refractivity (Wildman–Crippen MR) is 90.3 cm³/mol. The molecule has 126 valence electrons. The summed E-state index contributed by atoms with van der Waals surface area (Å²) in [4.78, 5) is 24.2. The molecule has 1 aromatic carbocycles. The van der Waals surface area contributed by atoms with E-state index in [1.807, 2.05) is 13.8 Å². The summed E-state index contributed by atoms with van der Waals surface area (Å²) in [6.45, 7) is 5.52. The first-order chi connectivity index (χ1) is 11.0. The summed E-state index contributed by atoms with van der Waals surface area (Å²) in [7, 11) is 1.61. The minimum absolute atomic E-state index is 0.0298. The Balaban J connectivity index is 2.00. The Labute approximate surface area is 137 Å². The summed E-state index contributed by atoms with van der Waals surface area (Å²) in [5.41, 5.74) is 0.912. The normalized spacial score (nSPS) is 20.5. The second-order valence-electron chi connectivity index (χ2n) is 6.32. The van der Waals surface area contributed by atoms with Crippen molar-refractivity contribution in [2.24, 2.45) is 11.3 Å². The monoisotopic (exact) mass is 319 g/mol. The van der Waals surface area contributed by atoms with Crippen LogP contribution < -0.4 is 16.0 Å². The van der Waals surface area contributed by atoms with E-state index in [0.717, 1.165) is 18.7 Å². The molecule has 1 atom stereocenters. The molecule has 1 unspecified atom stereocenters. The Morgan fingerprint density at radius 1 is 1.22 bits per heavy atom. The Bertz CT molecular complexity index is 549. The molecule has 1 saturated heterocycles. The van der Waals surface area contributed by atoms with Crippen LogP contribution in [0.4, 0.5) is 11.4 Å². The number of benzene rings is 1. The maximum atomic E-state index is 12.6. The first-order valence-electron chi connectivity index (χ1n) is 7.89. The largest absolute Gasteiger partial charge is 0.384 e. The van der Waals surface area contributed by atoms with Gasteiger partial charge < -0.3 is 20.7 Å². The lowest BCUT2D eigenvalue weighted by molar-refractivity contribution is -0.127. The van der Waals surface area contributed by atoms with Crippen molar-refractivity contribution >= 4 is 23.2 Å². The van der Waals surface area contributed by atoms with E-state index < -0.39 is 5.41 Å². The quantitative estimate of drug-likeness (QED) is 0.747. The highest BCUT2D eigenvalue weighted by molar-refractivity contribution is 5.96. The molecule has 1 aliphatic rings. The van der Waals surface area contributed by atoms with Gasteiger partial charge in [0.05, 0.1) is 12.0 Å². The SMILES string of the molecule is COCC1(C(=O)Nc2ccc(NC(=O)C(C)C)cc2)CCNC1. The highest BCUT2D eigenvalue weighted by atomic mass is 16.5. The molecule has 0 aliphatic carbocycles. The third-order valence-electron chi connectivity index (χ3n) is 4.08. The molecule has 6 nitrogen and oxygen atoms in total. The van der Waals surface area contributed by atoms with E-state index in [-0.39, 0.29) is 17.7 Å². The zero-order chi connectivity index (χ0) is 16.9. The summed E-state index contributed by atoms with van der Waals surface area (Å²) in [6.07, 6.45) is 0.759. The molecule has 1 aliphatic heterocycles. The summed E-state index contributed by atoms with van der Waals surface area (Å²) >= 11 is 0. The third kappa shape index (κ3) is 4.30. The van der Waals surface area contributed by atoms with Crippen LogP contribution in [0.1, 0.15) is 20.3 Å². The van der Waals surface area contributed by atoms with E-state index in [9.17, 15) is 9.59 Å². The first-order valence-corrected chi connectivity index (χ1v) is 7.89. The van der Waals surface area contributed by atoms with E-state index in [4.69, 9.17) is 4.74 Å². The van der Waals surface area contributed by atoms with Crippen molar-refractivity contribution in [3.63, 3.8) is 0 Å². The molecule has 23 heavy (non-hydrogen) atoms. The topological polar surface area (TPSA) is 79.5 Å². The van der Waals surface area contributed by atoms with Crippen LogP contribution in [0, 0.1) is 11.3 Å². The molecular formula is C17H25N3O3. The van der Waals surface area contributed by atoms with E-state index in [1.165, 1.54) is 0 Å². The molecule has 6 heteroatoms. The minimum atomic E-state index is -0.515. The Morgan fingerprint density at radius 2 is 1.83 bits per heavy atom. The number of ether oxygens (including phenoxy) is 1. The second kappa shape index (κ2) is 7.57.